The third-order valence-corrected chi connectivity index (χ3v) is 18.2. The van der Waals surface area contributed by atoms with Gasteiger partial charge in [-0.15, -0.1) is 0 Å². The van der Waals surface area contributed by atoms with E-state index in [1.54, 1.807) is 0 Å². The number of anilines is 1. The Hall–Kier alpha value is -1.77. The van der Waals surface area contributed by atoms with Gasteiger partial charge in [-0.3, -0.25) is 9.59 Å². The minimum absolute atomic E-state index is 0.0108. The van der Waals surface area contributed by atoms with Gasteiger partial charge in [0.15, 0.2) is 0 Å². The molecule has 1 aromatic heterocycles. The number of nitrogens with zero attached hydrogens (tertiary/aromatic N) is 2. The zero-order valence-electron chi connectivity index (χ0n) is 35.9. The molecule has 1 aliphatic heterocycles. The first-order chi connectivity index (χ1) is 30.1. The molecule has 0 aliphatic carbocycles. The number of unbranched alkanes of at least 4 members (excludes halogenated alkanes) is 1. The van der Waals surface area contributed by atoms with Crippen LogP contribution >= 0.6 is 67.0 Å². The second-order valence-electron chi connectivity index (χ2n) is 15.4. The van der Waals surface area contributed by atoms with Gasteiger partial charge in [-0.2, -0.15) is 0 Å². The molecule has 1 fully saturated rings. The number of nitrogen functional groups attached to an aromatic ring is 1. The number of benzene rings is 1. The molecule has 11 N–H and O–H groups in total. The Kier molecular flexibility index (Phi) is 23.3. The van der Waals surface area contributed by atoms with E-state index in [9.17, 15) is 48.2 Å². The van der Waals surface area contributed by atoms with Crippen LogP contribution in [0.25, 0.3) is 0 Å². The zero-order valence-corrected chi connectivity index (χ0v) is 41.9. The summed E-state index contributed by atoms with van der Waals surface area (Å²) in [7, 11) is -12.6. The Morgan fingerprint density at radius 1 is 1.05 bits per heavy atom. The molecule has 2 aromatic rings. The number of carbonyl (C=O) groups is 2. The molecular weight excluding hydrogens is 998 g/mol. The summed E-state index contributed by atoms with van der Waals surface area (Å²) in [6.07, 6.45) is -0.275. The van der Waals surface area contributed by atoms with Crippen LogP contribution in [0, 0.1) is 11.8 Å². The van der Waals surface area contributed by atoms with Crippen LogP contribution in [0.1, 0.15) is 82.5 Å². The van der Waals surface area contributed by atoms with E-state index in [1.807, 2.05) is 34.6 Å². The molecule has 1 aliphatic rings. The van der Waals surface area contributed by atoms with E-state index >= 15 is 0 Å². The van der Waals surface area contributed by atoms with Crippen LogP contribution in [0.4, 0.5) is 5.82 Å². The molecule has 31 heteroatoms. The van der Waals surface area contributed by atoms with Crippen molar-refractivity contribution in [2.45, 2.75) is 88.2 Å². The Morgan fingerprint density at radius 2 is 1.72 bits per heavy atom. The van der Waals surface area contributed by atoms with Crippen molar-refractivity contribution in [2.24, 2.45) is 0 Å². The summed E-state index contributed by atoms with van der Waals surface area (Å²) in [5, 5.41) is 24.1. The Labute approximate surface area is 392 Å². The fourth-order valence-electron chi connectivity index (χ4n) is 5.21. The number of carbonyl (C=O) groups excluding carboxylic acids is 2. The van der Waals surface area contributed by atoms with Crippen LogP contribution in [-0.2, 0) is 41.3 Å². The molecule has 0 saturated carbocycles. The number of hydrogen-bond donors (Lipinski definition) is 10. The van der Waals surface area contributed by atoms with E-state index in [2.05, 4.69) is 36.1 Å². The molecule has 1 saturated heterocycles. The molecule has 2 unspecified atom stereocenters. The van der Waals surface area contributed by atoms with E-state index in [1.165, 1.54) is 73.6 Å². The predicted octanol–water partition coefficient (Wildman–Crippen LogP) is 2.15. The van der Waals surface area contributed by atoms with Crippen LogP contribution in [0.5, 0.6) is 0 Å². The normalized spacial score (nSPS) is 18.1. The summed E-state index contributed by atoms with van der Waals surface area (Å²) >= 11 is 0. The first-order valence-electron chi connectivity index (χ1n) is 19.4. The van der Waals surface area contributed by atoms with Gasteiger partial charge in [-0.25, -0.2) is 0 Å². The maximum atomic E-state index is 13.0. The molecule has 3 rings (SSSR count). The molecule has 23 nitrogen and oxygen atoms in total. The van der Waals surface area contributed by atoms with Gasteiger partial charge in [0, 0.05) is 29.8 Å². The summed E-state index contributed by atoms with van der Waals surface area (Å²) in [5.74, 6) is 5.42. The van der Waals surface area contributed by atoms with E-state index in [0.717, 1.165) is 4.57 Å². The van der Waals surface area contributed by atoms with E-state index in [-0.39, 0.29) is 69.5 Å². The average Bonchev–Trinajstić information content (AvgIpc) is 3.59. The Morgan fingerprint density at radius 3 is 2.37 bits per heavy atom. The van der Waals surface area contributed by atoms with E-state index < -0.39 is 61.7 Å². The topological polar surface area (TPSA) is 350 Å². The fraction of sp³-hybridized carbons (Fsp3) is 0.588. The van der Waals surface area contributed by atoms with Gasteiger partial charge < -0.3 is 20.7 Å². The predicted molar refractivity (Wildman–Crippen MR) is 251 cm³/mol. The number of hydrogen-bond acceptors (Lipinski definition) is 21. The molecule has 2 amide bonds. The van der Waals surface area contributed by atoms with Crippen LogP contribution < -0.4 is 27.5 Å². The summed E-state index contributed by atoms with van der Waals surface area (Å²) in [6, 6.07) is 5.91. The van der Waals surface area contributed by atoms with Crippen molar-refractivity contribution >= 4 is 97.2 Å². The number of amides is 2. The van der Waals surface area contributed by atoms with Crippen molar-refractivity contribution in [1.82, 2.24) is 20.2 Å². The summed E-state index contributed by atoms with van der Waals surface area (Å²) in [5.41, 5.74) is 6.02. The average molecular weight is 1050 g/mol. The van der Waals surface area contributed by atoms with Gasteiger partial charge in [0.05, 0.1) is 0 Å². The Bertz CT molecular complexity index is 2110. The van der Waals surface area contributed by atoms with Gasteiger partial charge >= 0.3 is 238 Å². The van der Waals surface area contributed by atoms with Crippen molar-refractivity contribution in [3.8, 4) is 11.8 Å². The Balaban J connectivity index is 1.46. The van der Waals surface area contributed by atoms with Gasteiger partial charge in [-0.1, -0.05) is 33.7 Å². The molecular formula is C34H55BN5O18P3S4. The summed E-state index contributed by atoms with van der Waals surface area (Å²) in [6.45, 7) is 9.94. The zero-order chi connectivity index (χ0) is 48.6. The van der Waals surface area contributed by atoms with Gasteiger partial charge in [0.1, 0.15) is 5.94 Å². The maximum absolute atomic E-state index is 13.0. The van der Waals surface area contributed by atoms with Crippen LogP contribution in [-0.4, -0.2) is 123 Å². The van der Waals surface area contributed by atoms with Crippen molar-refractivity contribution in [3.63, 3.8) is 0 Å². The molecule has 0 radical (unpaired) electrons. The van der Waals surface area contributed by atoms with E-state index in [0.29, 0.717) is 31.5 Å². The van der Waals surface area contributed by atoms with Crippen LogP contribution in [0.2, 0.25) is 0 Å². The second-order valence-corrected chi connectivity index (χ2v) is 26.1. The molecule has 4 atom stereocenters. The van der Waals surface area contributed by atoms with Gasteiger partial charge in [-0.05, 0) is 44.3 Å². The minimum atomic E-state index is -5.69. The van der Waals surface area contributed by atoms with Gasteiger partial charge in [0.2, 0.25) is 5.91 Å². The number of rotatable bonds is 26. The number of nitrogens with two attached hydrogens (primary N) is 1. The SMILES string of the molecule is CC(C)(C)SSCOC1C[C@H](n2cc(C#CCOCSSC(C)(C)CNC(=O)CCCCNC(=O)c3ccc(B(O)O)cc3)c(N)nc2=O)O[C@@H]1CO[PH](O)(O)OP(=O)(O)OP(=O)(O)O. The molecule has 2 heterocycles. The van der Waals surface area contributed by atoms with Crippen molar-refractivity contribution in [2.75, 3.05) is 43.9 Å². The standard InChI is InChI=1S/C34H55BN5O18P3S4/c1-33(2,3)64-63-22-54-26-17-29(56-27(26)19-55-60(49,50)58-61(51,52)57-59(46,47)48)40-18-24(30(36)39-32(40)43)9-8-16-53-21-62-65-34(4,5)20-38-28(41)10-6-7-15-37-31(42)23-11-13-25(14-12-23)35(44)45/h11-14,18,26-27,29,44-45,49-50,60H,6-7,10,15-17,19-22H2,1-5H3,(H,37,42)(H,38,41)(H,51,52)(H2,36,39,43)(H2,46,47,48)/t26?,27-,29-/m1/s1. The van der Waals surface area contributed by atoms with Gasteiger partial charge in [0.25, 0.3) is 5.91 Å². The number of phosphoric acid groups is 2. The summed E-state index contributed by atoms with van der Waals surface area (Å²) < 4.78 is 53.7. The summed E-state index contributed by atoms with van der Waals surface area (Å²) in [4.78, 5) is 89.0. The number of ether oxygens (including phenoxy) is 3. The molecule has 0 spiro atoms. The molecule has 1 aromatic carbocycles. The second kappa shape index (κ2) is 26.3. The van der Waals surface area contributed by atoms with Crippen molar-refractivity contribution in [1.29, 1.82) is 0 Å². The number of nitrogens with one attached hydrogen (secondary N) is 2. The number of aromatic nitrogens is 2. The van der Waals surface area contributed by atoms with Crippen molar-refractivity contribution in [3.05, 3.63) is 52.1 Å². The van der Waals surface area contributed by atoms with Crippen molar-refractivity contribution < 1.29 is 80.6 Å². The molecule has 366 valence electrons. The van der Waals surface area contributed by atoms with Crippen LogP contribution in [0.15, 0.2) is 35.3 Å². The van der Waals surface area contributed by atoms with Crippen LogP contribution in [0.3, 0.4) is 0 Å². The quantitative estimate of drug-likeness (QED) is 0.0161. The van der Waals surface area contributed by atoms with E-state index in [4.69, 9.17) is 34.3 Å². The first-order valence-corrected chi connectivity index (χ1v) is 28.8. The molecule has 65 heavy (non-hydrogen) atoms. The first kappa shape index (κ1) is 57.6. The fourth-order valence-corrected chi connectivity index (χ4v) is 12.6. The molecule has 0 bridgehead atoms. The monoisotopic (exact) mass is 1050 g/mol. The third-order valence-electron chi connectivity index (χ3n) is 8.10. The third kappa shape index (κ3) is 22.9.